The standard InChI is InChI=1S/C22H19FN2O3S/c1-3-28-22(27)18(13-24)21-25(17-10-8-16(23)9-11-17)20(26)19(29-21)12-15-7-5-4-6-14(15)2/h4-11,19H,3,12H2,1-2H3/b21-18+/t19-/m1/s1. The number of carbonyl (C=O) groups is 2. The molecule has 1 heterocycles. The second-order valence-electron chi connectivity index (χ2n) is 6.40. The fraction of sp³-hybridized carbons (Fsp3) is 0.227. The molecule has 0 aromatic heterocycles. The Bertz CT molecular complexity index is 1010. The highest BCUT2D eigenvalue weighted by molar-refractivity contribution is 8.05. The predicted molar refractivity (Wildman–Crippen MR) is 109 cm³/mol. The van der Waals surface area contributed by atoms with Crippen LogP contribution in [-0.2, 0) is 20.7 Å². The van der Waals surface area contributed by atoms with Gasteiger partial charge in [0.2, 0.25) is 5.91 Å². The summed E-state index contributed by atoms with van der Waals surface area (Å²) in [6.07, 6.45) is 0.443. The third-order valence-electron chi connectivity index (χ3n) is 4.51. The molecule has 1 aliphatic heterocycles. The number of aryl methyl sites for hydroxylation is 1. The van der Waals surface area contributed by atoms with E-state index in [-0.39, 0.29) is 23.1 Å². The molecule has 0 spiro atoms. The van der Waals surface area contributed by atoms with Gasteiger partial charge in [0.1, 0.15) is 16.9 Å². The maximum atomic E-state index is 13.4. The maximum Gasteiger partial charge on any atom is 0.351 e. The maximum absolute atomic E-state index is 13.4. The van der Waals surface area contributed by atoms with Crippen molar-refractivity contribution in [2.75, 3.05) is 11.5 Å². The predicted octanol–water partition coefficient (Wildman–Crippen LogP) is 4.12. The highest BCUT2D eigenvalue weighted by atomic mass is 32.2. The number of rotatable bonds is 5. The third-order valence-corrected chi connectivity index (χ3v) is 5.77. The first-order valence-corrected chi connectivity index (χ1v) is 9.96. The topological polar surface area (TPSA) is 70.4 Å². The van der Waals surface area contributed by atoms with Gasteiger partial charge >= 0.3 is 5.97 Å². The Morgan fingerprint density at radius 1 is 1.24 bits per heavy atom. The van der Waals surface area contributed by atoms with Crippen LogP contribution in [0.25, 0.3) is 0 Å². The van der Waals surface area contributed by atoms with Crippen molar-refractivity contribution in [3.63, 3.8) is 0 Å². The molecule has 2 aromatic carbocycles. The van der Waals surface area contributed by atoms with E-state index < -0.39 is 17.0 Å². The second-order valence-corrected chi connectivity index (χ2v) is 7.59. The SMILES string of the molecule is CCOC(=O)/C(C#N)=C1/S[C@H](Cc2ccccc2C)C(=O)N1c1ccc(F)cc1. The summed E-state index contributed by atoms with van der Waals surface area (Å²) in [6, 6.07) is 15.0. The molecular weight excluding hydrogens is 391 g/mol. The van der Waals surface area contributed by atoms with Crippen molar-refractivity contribution < 1.29 is 18.7 Å². The number of amides is 1. The number of esters is 1. The van der Waals surface area contributed by atoms with E-state index >= 15 is 0 Å². The summed E-state index contributed by atoms with van der Waals surface area (Å²) in [6.45, 7) is 3.72. The molecule has 0 radical (unpaired) electrons. The van der Waals surface area contributed by atoms with E-state index in [9.17, 15) is 19.2 Å². The van der Waals surface area contributed by atoms with Crippen LogP contribution < -0.4 is 4.90 Å². The fourth-order valence-electron chi connectivity index (χ4n) is 3.04. The quantitative estimate of drug-likeness (QED) is 0.421. The molecule has 1 amide bonds. The van der Waals surface area contributed by atoms with E-state index in [1.165, 1.54) is 29.2 Å². The zero-order valence-corrected chi connectivity index (χ0v) is 16.8. The van der Waals surface area contributed by atoms with Gasteiger partial charge in [-0.25, -0.2) is 9.18 Å². The lowest BCUT2D eigenvalue weighted by molar-refractivity contribution is -0.138. The minimum absolute atomic E-state index is 0.110. The molecule has 0 N–H and O–H groups in total. The normalized spacial score (nSPS) is 17.8. The van der Waals surface area contributed by atoms with Gasteiger partial charge in [-0.1, -0.05) is 36.0 Å². The molecule has 1 saturated heterocycles. The van der Waals surface area contributed by atoms with Crippen molar-refractivity contribution in [3.05, 3.63) is 76.1 Å². The summed E-state index contributed by atoms with van der Waals surface area (Å²) in [7, 11) is 0. The number of halogens is 1. The molecule has 0 saturated carbocycles. The molecular formula is C22H19FN2O3S. The van der Waals surface area contributed by atoms with Gasteiger partial charge in [0.15, 0.2) is 5.57 Å². The van der Waals surface area contributed by atoms with Crippen molar-refractivity contribution in [1.82, 2.24) is 0 Å². The van der Waals surface area contributed by atoms with E-state index in [1.807, 2.05) is 37.3 Å². The number of anilines is 1. The molecule has 29 heavy (non-hydrogen) atoms. The van der Waals surface area contributed by atoms with E-state index in [1.54, 1.807) is 6.92 Å². The molecule has 0 unspecified atom stereocenters. The summed E-state index contributed by atoms with van der Waals surface area (Å²) in [5.41, 5.74) is 2.22. The number of hydrogen-bond donors (Lipinski definition) is 0. The highest BCUT2D eigenvalue weighted by Crippen LogP contribution is 2.42. The monoisotopic (exact) mass is 410 g/mol. The van der Waals surface area contributed by atoms with Crippen molar-refractivity contribution in [2.24, 2.45) is 0 Å². The van der Waals surface area contributed by atoms with Crippen LogP contribution in [0.15, 0.2) is 59.1 Å². The van der Waals surface area contributed by atoms with Crippen LogP contribution in [0, 0.1) is 24.1 Å². The van der Waals surface area contributed by atoms with Crippen LogP contribution in [-0.4, -0.2) is 23.7 Å². The van der Waals surface area contributed by atoms with Gasteiger partial charge in [0.05, 0.1) is 11.9 Å². The van der Waals surface area contributed by atoms with Crippen LogP contribution >= 0.6 is 11.8 Å². The second kappa shape index (κ2) is 8.93. The number of carbonyl (C=O) groups excluding carboxylic acids is 2. The third kappa shape index (κ3) is 4.33. The summed E-state index contributed by atoms with van der Waals surface area (Å²) in [4.78, 5) is 26.8. The van der Waals surface area contributed by atoms with E-state index in [4.69, 9.17) is 4.74 Å². The smallest absolute Gasteiger partial charge is 0.351 e. The van der Waals surface area contributed by atoms with Gasteiger partial charge in [0.25, 0.3) is 0 Å². The van der Waals surface area contributed by atoms with Crippen molar-refractivity contribution in [1.29, 1.82) is 5.26 Å². The molecule has 1 atom stereocenters. The Labute approximate surface area is 172 Å². The number of nitriles is 1. The van der Waals surface area contributed by atoms with Gasteiger partial charge in [-0.15, -0.1) is 0 Å². The molecule has 0 aliphatic carbocycles. The molecule has 148 valence electrons. The summed E-state index contributed by atoms with van der Waals surface area (Å²) in [5, 5.41) is 9.27. The van der Waals surface area contributed by atoms with Crippen LogP contribution in [0.3, 0.4) is 0 Å². The van der Waals surface area contributed by atoms with Crippen molar-refractivity contribution in [3.8, 4) is 6.07 Å². The van der Waals surface area contributed by atoms with Crippen molar-refractivity contribution >= 4 is 29.3 Å². The minimum atomic E-state index is -0.783. The van der Waals surface area contributed by atoms with Gasteiger partial charge in [-0.2, -0.15) is 5.26 Å². The largest absolute Gasteiger partial charge is 0.462 e. The molecule has 5 nitrogen and oxygen atoms in total. The molecule has 1 aliphatic rings. The first-order valence-electron chi connectivity index (χ1n) is 9.08. The molecule has 7 heteroatoms. The summed E-state index contributed by atoms with van der Waals surface area (Å²) < 4.78 is 18.4. The number of nitrogens with zero attached hydrogens (tertiary/aromatic N) is 2. The first kappa shape index (κ1) is 20.6. The van der Waals surface area contributed by atoms with E-state index in [2.05, 4.69) is 0 Å². The zero-order chi connectivity index (χ0) is 21.0. The lowest BCUT2D eigenvalue weighted by Gasteiger charge is -2.18. The number of ether oxygens (including phenoxy) is 1. The average Bonchev–Trinajstić information content (AvgIpc) is 3.01. The Balaban J connectivity index is 2.05. The Morgan fingerprint density at radius 3 is 2.55 bits per heavy atom. The summed E-state index contributed by atoms with van der Waals surface area (Å²) in [5.74, 6) is -1.49. The van der Waals surface area contributed by atoms with Gasteiger partial charge in [0, 0.05) is 5.69 Å². The highest BCUT2D eigenvalue weighted by Gasteiger charge is 2.41. The van der Waals surface area contributed by atoms with Crippen molar-refractivity contribution in [2.45, 2.75) is 25.5 Å². The lowest BCUT2D eigenvalue weighted by atomic mass is 10.0. The van der Waals surface area contributed by atoms with Gasteiger partial charge in [-0.3, -0.25) is 9.69 Å². The molecule has 1 fully saturated rings. The Kier molecular flexibility index (Phi) is 6.35. The van der Waals surface area contributed by atoms with Crippen LogP contribution in [0.2, 0.25) is 0 Å². The summed E-state index contributed by atoms with van der Waals surface area (Å²) >= 11 is 1.16. The Morgan fingerprint density at radius 2 is 1.93 bits per heavy atom. The minimum Gasteiger partial charge on any atom is -0.462 e. The van der Waals surface area contributed by atoms with Gasteiger partial charge in [-0.05, 0) is 55.7 Å². The lowest BCUT2D eigenvalue weighted by Crippen LogP contribution is -2.30. The van der Waals surface area contributed by atoms with Crippen LogP contribution in [0.4, 0.5) is 10.1 Å². The Hall–Kier alpha value is -3.11. The van der Waals surface area contributed by atoms with Crippen LogP contribution in [0.1, 0.15) is 18.1 Å². The number of thioether (sulfide) groups is 1. The molecule has 3 rings (SSSR count). The fourth-order valence-corrected chi connectivity index (χ4v) is 4.33. The number of hydrogen-bond acceptors (Lipinski definition) is 5. The zero-order valence-electron chi connectivity index (χ0n) is 16.0. The van der Waals surface area contributed by atoms with Crippen LogP contribution in [0.5, 0.6) is 0 Å². The number of benzene rings is 2. The molecule has 0 bridgehead atoms. The van der Waals surface area contributed by atoms with Gasteiger partial charge < -0.3 is 4.74 Å². The molecule has 2 aromatic rings. The first-order chi connectivity index (χ1) is 14.0. The van der Waals surface area contributed by atoms with E-state index in [0.717, 1.165) is 22.9 Å². The average molecular weight is 410 g/mol. The van der Waals surface area contributed by atoms with E-state index in [0.29, 0.717) is 12.1 Å².